The Labute approximate surface area is 195 Å². The minimum atomic E-state index is -3.80. The smallest absolute Gasteiger partial charge is 0.252 e. The van der Waals surface area contributed by atoms with Gasteiger partial charge in [0.05, 0.1) is 4.90 Å². The Morgan fingerprint density at radius 2 is 1.66 bits per heavy atom. The van der Waals surface area contributed by atoms with Crippen LogP contribution in [0.25, 0.3) is 10.9 Å². The van der Waals surface area contributed by atoms with E-state index in [0.717, 1.165) is 26.5 Å². The number of halogens is 1. The molecular formula is C25H23BrN2O3S. The molecule has 0 fully saturated rings. The topological polar surface area (TPSA) is 70.2 Å². The second-order valence-corrected chi connectivity index (χ2v) is 10.6. The average molecular weight is 511 g/mol. The van der Waals surface area contributed by atoms with Gasteiger partial charge in [0.1, 0.15) is 0 Å². The molecule has 0 saturated heterocycles. The molecule has 0 aliphatic heterocycles. The Hall–Kier alpha value is -2.74. The summed E-state index contributed by atoms with van der Waals surface area (Å²) in [6, 6.07) is 23.9. The highest BCUT2D eigenvalue weighted by Gasteiger charge is 2.25. The molecule has 7 heteroatoms. The lowest BCUT2D eigenvalue weighted by atomic mass is 10.1. The summed E-state index contributed by atoms with van der Waals surface area (Å²) in [5, 5.41) is 0.870. The molecule has 0 bridgehead atoms. The zero-order chi connectivity index (χ0) is 22.7. The van der Waals surface area contributed by atoms with Crippen LogP contribution in [-0.2, 0) is 23.0 Å². The van der Waals surface area contributed by atoms with Crippen molar-refractivity contribution >= 4 is 36.9 Å². The molecule has 0 amide bonds. The van der Waals surface area contributed by atoms with E-state index in [1.807, 2.05) is 55.5 Å². The number of aromatic amines is 1. The van der Waals surface area contributed by atoms with Crippen molar-refractivity contribution in [2.24, 2.45) is 0 Å². The highest BCUT2D eigenvalue weighted by Crippen LogP contribution is 2.22. The van der Waals surface area contributed by atoms with E-state index in [1.54, 1.807) is 30.3 Å². The number of aryl methyl sites for hydroxylation is 1. The van der Waals surface area contributed by atoms with Crippen molar-refractivity contribution in [2.45, 2.75) is 24.8 Å². The predicted octanol–water partition coefficient (Wildman–Crippen LogP) is 5.03. The first kappa shape index (κ1) is 22.5. The Morgan fingerprint density at radius 3 is 2.38 bits per heavy atom. The van der Waals surface area contributed by atoms with Crippen molar-refractivity contribution in [3.05, 3.63) is 110 Å². The first-order valence-corrected chi connectivity index (χ1v) is 12.5. The molecule has 32 heavy (non-hydrogen) atoms. The van der Waals surface area contributed by atoms with Gasteiger partial charge in [-0.05, 0) is 66.3 Å². The molecule has 1 N–H and O–H groups in total. The Balaban J connectivity index is 1.71. The van der Waals surface area contributed by atoms with E-state index in [9.17, 15) is 13.2 Å². The standard InChI is InChI=1S/C25H23BrN2O3S/c1-18-7-8-20-16-21(25(29)27-24(20)15-18)17-28(14-13-19-5-3-2-4-6-19)32(30,31)23-11-9-22(26)10-12-23/h2-12,15-16H,13-14,17H2,1H3,(H,27,29). The average Bonchev–Trinajstić information content (AvgIpc) is 2.78. The van der Waals surface area contributed by atoms with E-state index in [0.29, 0.717) is 12.0 Å². The van der Waals surface area contributed by atoms with Gasteiger partial charge in [0.2, 0.25) is 10.0 Å². The van der Waals surface area contributed by atoms with Gasteiger partial charge in [0.25, 0.3) is 5.56 Å². The second-order valence-electron chi connectivity index (χ2n) is 7.74. The monoisotopic (exact) mass is 510 g/mol. The second kappa shape index (κ2) is 9.40. The molecule has 0 unspecified atom stereocenters. The molecule has 0 aliphatic carbocycles. The van der Waals surface area contributed by atoms with Crippen molar-refractivity contribution in [3.8, 4) is 0 Å². The number of rotatable bonds is 7. The molecular weight excluding hydrogens is 488 g/mol. The normalized spacial score (nSPS) is 11.8. The van der Waals surface area contributed by atoms with Gasteiger partial charge in [-0.3, -0.25) is 4.79 Å². The third-order valence-electron chi connectivity index (χ3n) is 5.37. The Bertz CT molecular complexity index is 1400. The highest BCUT2D eigenvalue weighted by atomic mass is 79.9. The van der Waals surface area contributed by atoms with Crippen molar-refractivity contribution in [2.75, 3.05) is 6.54 Å². The number of pyridine rings is 1. The van der Waals surface area contributed by atoms with Gasteiger partial charge < -0.3 is 4.98 Å². The van der Waals surface area contributed by atoms with E-state index in [2.05, 4.69) is 20.9 Å². The number of nitrogens with zero attached hydrogens (tertiary/aromatic N) is 1. The fourth-order valence-corrected chi connectivity index (χ4v) is 5.29. The summed E-state index contributed by atoms with van der Waals surface area (Å²) in [7, 11) is -3.80. The Kier molecular flexibility index (Phi) is 6.60. The number of hydrogen-bond acceptors (Lipinski definition) is 3. The minimum absolute atomic E-state index is 0.00954. The number of hydrogen-bond donors (Lipinski definition) is 1. The van der Waals surface area contributed by atoms with Gasteiger partial charge in [0.15, 0.2) is 0 Å². The van der Waals surface area contributed by atoms with E-state index in [4.69, 9.17) is 0 Å². The summed E-state index contributed by atoms with van der Waals surface area (Å²) < 4.78 is 29.2. The van der Waals surface area contributed by atoms with Crippen molar-refractivity contribution < 1.29 is 8.42 Å². The number of sulfonamides is 1. The summed E-state index contributed by atoms with van der Waals surface area (Å²) in [5.74, 6) is 0. The molecule has 164 valence electrons. The summed E-state index contributed by atoms with van der Waals surface area (Å²) >= 11 is 3.35. The maximum atomic E-state index is 13.5. The fourth-order valence-electron chi connectivity index (χ4n) is 3.61. The lowest BCUT2D eigenvalue weighted by Crippen LogP contribution is -2.34. The largest absolute Gasteiger partial charge is 0.322 e. The van der Waals surface area contributed by atoms with E-state index in [1.165, 1.54) is 4.31 Å². The SMILES string of the molecule is Cc1ccc2cc(CN(CCc3ccccc3)S(=O)(=O)c3ccc(Br)cc3)c(=O)[nH]c2c1. The lowest BCUT2D eigenvalue weighted by molar-refractivity contribution is 0.408. The molecule has 4 rings (SSSR count). The number of benzene rings is 3. The first-order valence-electron chi connectivity index (χ1n) is 10.3. The van der Waals surface area contributed by atoms with Crippen LogP contribution < -0.4 is 5.56 Å². The quantitative estimate of drug-likeness (QED) is 0.378. The third kappa shape index (κ3) is 5.01. The highest BCUT2D eigenvalue weighted by molar-refractivity contribution is 9.10. The van der Waals surface area contributed by atoms with E-state index < -0.39 is 10.0 Å². The summed E-state index contributed by atoms with van der Waals surface area (Å²) in [6.07, 6.45) is 0.543. The molecule has 1 heterocycles. The number of H-pyrrole nitrogens is 1. The van der Waals surface area contributed by atoms with Gasteiger partial charge in [0, 0.05) is 28.6 Å². The predicted molar refractivity (Wildman–Crippen MR) is 131 cm³/mol. The van der Waals surface area contributed by atoms with Gasteiger partial charge >= 0.3 is 0 Å². The number of nitrogens with one attached hydrogen (secondary N) is 1. The van der Waals surface area contributed by atoms with Crippen molar-refractivity contribution in [1.82, 2.24) is 9.29 Å². The first-order chi connectivity index (χ1) is 15.3. The fraction of sp³-hybridized carbons (Fsp3) is 0.160. The molecule has 0 atom stereocenters. The van der Waals surface area contributed by atoms with Crippen molar-refractivity contribution in [3.63, 3.8) is 0 Å². The van der Waals surface area contributed by atoms with Gasteiger partial charge in [-0.15, -0.1) is 0 Å². The number of aromatic nitrogens is 1. The van der Waals surface area contributed by atoms with E-state index >= 15 is 0 Å². The lowest BCUT2D eigenvalue weighted by Gasteiger charge is -2.22. The summed E-state index contributed by atoms with van der Waals surface area (Å²) in [6.45, 7) is 2.21. The molecule has 3 aromatic carbocycles. The number of fused-ring (bicyclic) bond motifs is 1. The zero-order valence-electron chi connectivity index (χ0n) is 17.6. The minimum Gasteiger partial charge on any atom is -0.322 e. The molecule has 0 radical (unpaired) electrons. The third-order valence-corrected chi connectivity index (χ3v) is 7.76. The summed E-state index contributed by atoms with van der Waals surface area (Å²) in [4.78, 5) is 15.9. The molecule has 5 nitrogen and oxygen atoms in total. The molecule has 0 spiro atoms. The molecule has 4 aromatic rings. The summed E-state index contributed by atoms with van der Waals surface area (Å²) in [5.41, 5.74) is 2.95. The van der Waals surface area contributed by atoms with Gasteiger partial charge in [-0.2, -0.15) is 4.31 Å². The van der Waals surface area contributed by atoms with Crippen LogP contribution in [0.2, 0.25) is 0 Å². The van der Waals surface area contributed by atoms with Crippen LogP contribution in [0.1, 0.15) is 16.7 Å². The van der Waals surface area contributed by atoms with E-state index in [-0.39, 0.29) is 23.5 Å². The molecule has 1 aromatic heterocycles. The van der Waals surface area contributed by atoms with Gasteiger partial charge in [-0.1, -0.05) is 58.4 Å². The molecule has 0 saturated carbocycles. The molecule has 0 aliphatic rings. The van der Waals surface area contributed by atoms with Crippen LogP contribution in [0.4, 0.5) is 0 Å². The van der Waals surface area contributed by atoms with Crippen molar-refractivity contribution in [1.29, 1.82) is 0 Å². The van der Waals surface area contributed by atoms with Gasteiger partial charge in [-0.25, -0.2) is 8.42 Å². The maximum absolute atomic E-state index is 13.5. The van der Waals surface area contributed by atoms with Crippen LogP contribution in [0, 0.1) is 6.92 Å². The van der Waals surface area contributed by atoms with Crippen LogP contribution in [0.15, 0.2) is 93.0 Å². The van der Waals surface area contributed by atoms with Crippen LogP contribution in [0.5, 0.6) is 0 Å². The zero-order valence-corrected chi connectivity index (χ0v) is 20.0. The van der Waals surface area contributed by atoms with Crippen LogP contribution >= 0.6 is 15.9 Å². The van der Waals surface area contributed by atoms with Crippen LogP contribution in [-0.4, -0.2) is 24.3 Å². The maximum Gasteiger partial charge on any atom is 0.252 e. The van der Waals surface area contributed by atoms with Crippen LogP contribution in [0.3, 0.4) is 0 Å². The Morgan fingerprint density at radius 1 is 0.938 bits per heavy atom.